The first-order valence-corrected chi connectivity index (χ1v) is 5.40. The topological polar surface area (TPSA) is 92.9 Å². The smallest absolute Gasteiger partial charge is 0.270 e. The fourth-order valence-electron chi connectivity index (χ4n) is 1.37. The third-order valence-electron chi connectivity index (χ3n) is 2.25. The zero-order valence-electron chi connectivity index (χ0n) is 10.1. The molecule has 1 amide bonds. The van der Waals surface area contributed by atoms with Crippen molar-refractivity contribution in [3.63, 3.8) is 0 Å². The summed E-state index contributed by atoms with van der Waals surface area (Å²) in [4.78, 5) is 19.8. The molecule has 7 heteroatoms. The van der Waals surface area contributed by atoms with Crippen LogP contribution in [0.3, 0.4) is 0 Å². The summed E-state index contributed by atoms with van der Waals surface area (Å²) in [6.45, 7) is 1.90. The fourth-order valence-corrected chi connectivity index (χ4v) is 1.37. The summed E-state index contributed by atoms with van der Waals surface area (Å²) in [7, 11) is 1.78. The quantitative estimate of drug-likeness (QED) is 0.828. The number of anilines is 1. The minimum atomic E-state index is -0.289. The summed E-state index contributed by atoms with van der Waals surface area (Å²) >= 11 is 0. The van der Waals surface area contributed by atoms with Gasteiger partial charge < -0.3 is 15.2 Å². The van der Waals surface area contributed by atoms with Gasteiger partial charge in [-0.25, -0.2) is 0 Å². The third-order valence-corrected chi connectivity index (χ3v) is 2.25. The number of nitrogens with zero attached hydrogens (tertiary/aromatic N) is 3. The second kappa shape index (κ2) is 5.26. The molecule has 0 bridgehead atoms. The maximum atomic E-state index is 11.8. The van der Waals surface area contributed by atoms with Gasteiger partial charge in [0.2, 0.25) is 5.89 Å². The number of aromatic nitrogens is 3. The summed E-state index contributed by atoms with van der Waals surface area (Å²) in [5.74, 6) is 0.614. The first kappa shape index (κ1) is 12.0. The second-order valence-electron chi connectivity index (χ2n) is 3.60. The number of carbonyl (C=O) groups excluding carboxylic acids is 1. The third kappa shape index (κ3) is 2.82. The average Bonchev–Trinajstić information content (AvgIpc) is 2.82. The van der Waals surface area contributed by atoms with E-state index in [9.17, 15) is 4.79 Å². The van der Waals surface area contributed by atoms with Crippen LogP contribution in [0.1, 0.15) is 22.2 Å². The van der Waals surface area contributed by atoms with Crippen molar-refractivity contribution in [1.82, 2.24) is 20.4 Å². The average molecular weight is 247 g/mol. The Hall–Kier alpha value is -2.44. The van der Waals surface area contributed by atoms with Crippen LogP contribution in [0.15, 0.2) is 22.9 Å². The standard InChI is InChI=1S/C11H13N5O2/c1-7-15-10(18-16-7)6-14-11(17)9-5-8(12-2)3-4-13-9/h3-5H,6H2,1-2H3,(H,12,13)(H,14,17). The van der Waals surface area contributed by atoms with E-state index in [4.69, 9.17) is 4.52 Å². The highest BCUT2D eigenvalue weighted by molar-refractivity contribution is 5.92. The van der Waals surface area contributed by atoms with Crippen LogP contribution in [-0.2, 0) is 6.54 Å². The summed E-state index contributed by atoms with van der Waals surface area (Å²) in [6, 6.07) is 3.44. The Morgan fingerprint density at radius 3 is 3.00 bits per heavy atom. The van der Waals surface area contributed by atoms with E-state index in [1.807, 2.05) is 0 Å². The fraction of sp³-hybridized carbons (Fsp3) is 0.273. The van der Waals surface area contributed by atoms with Gasteiger partial charge >= 0.3 is 0 Å². The summed E-state index contributed by atoms with van der Waals surface area (Å²) in [6.07, 6.45) is 1.57. The number of carbonyl (C=O) groups is 1. The molecule has 7 nitrogen and oxygen atoms in total. The lowest BCUT2D eigenvalue weighted by molar-refractivity contribution is 0.0941. The molecule has 0 atom stereocenters. The first-order valence-electron chi connectivity index (χ1n) is 5.40. The molecule has 0 spiro atoms. The van der Waals surface area contributed by atoms with E-state index in [2.05, 4.69) is 25.8 Å². The molecule has 0 unspecified atom stereocenters. The van der Waals surface area contributed by atoms with Crippen molar-refractivity contribution in [2.75, 3.05) is 12.4 Å². The molecule has 2 aromatic rings. The van der Waals surface area contributed by atoms with Crippen molar-refractivity contribution in [3.8, 4) is 0 Å². The van der Waals surface area contributed by atoms with Crippen molar-refractivity contribution in [1.29, 1.82) is 0 Å². The lowest BCUT2D eigenvalue weighted by atomic mass is 10.3. The number of rotatable bonds is 4. The predicted molar refractivity (Wildman–Crippen MR) is 64.0 cm³/mol. The Labute approximate surface area is 104 Å². The number of nitrogens with one attached hydrogen (secondary N) is 2. The molecule has 0 aliphatic heterocycles. The highest BCUT2D eigenvalue weighted by Crippen LogP contribution is 2.06. The van der Waals surface area contributed by atoms with Crippen molar-refractivity contribution in [2.24, 2.45) is 0 Å². The van der Waals surface area contributed by atoms with Crippen LogP contribution in [0.4, 0.5) is 5.69 Å². The van der Waals surface area contributed by atoms with Gasteiger partial charge in [-0.3, -0.25) is 9.78 Å². The molecule has 2 N–H and O–H groups in total. The zero-order chi connectivity index (χ0) is 13.0. The number of aryl methyl sites for hydroxylation is 1. The van der Waals surface area contributed by atoms with Gasteiger partial charge in [-0.2, -0.15) is 4.98 Å². The van der Waals surface area contributed by atoms with Gasteiger partial charge in [0.1, 0.15) is 5.69 Å². The Kier molecular flexibility index (Phi) is 3.52. The van der Waals surface area contributed by atoms with Crippen LogP contribution >= 0.6 is 0 Å². The number of amides is 1. The lowest BCUT2D eigenvalue weighted by Crippen LogP contribution is -2.24. The van der Waals surface area contributed by atoms with Crippen molar-refractivity contribution in [3.05, 3.63) is 35.7 Å². The summed E-state index contributed by atoms with van der Waals surface area (Å²) in [5.41, 5.74) is 1.15. The molecule has 18 heavy (non-hydrogen) atoms. The SMILES string of the molecule is CNc1ccnc(C(=O)NCc2nc(C)no2)c1. The van der Waals surface area contributed by atoms with Gasteiger partial charge in [-0.05, 0) is 19.1 Å². The molecule has 0 radical (unpaired) electrons. The summed E-state index contributed by atoms with van der Waals surface area (Å²) < 4.78 is 4.89. The van der Waals surface area contributed by atoms with E-state index in [1.165, 1.54) is 0 Å². The van der Waals surface area contributed by atoms with Gasteiger partial charge in [-0.15, -0.1) is 0 Å². The molecule has 2 heterocycles. The van der Waals surface area contributed by atoms with E-state index < -0.39 is 0 Å². The Bertz CT molecular complexity index is 552. The normalized spacial score (nSPS) is 10.1. The zero-order valence-corrected chi connectivity index (χ0v) is 10.1. The van der Waals surface area contributed by atoms with Crippen LogP contribution < -0.4 is 10.6 Å². The monoisotopic (exact) mass is 247 g/mol. The molecule has 0 aromatic carbocycles. The van der Waals surface area contributed by atoms with Gasteiger partial charge in [0, 0.05) is 18.9 Å². The van der Waals surface area contributed by atoms with Crippen LogP contribution in [0.2, 0.25) is 0 Å². The molecule has 0 saturated carbocycles. The van der Waals surface area contributed by atoms with E-state index in [-0.39, 0.29) is 12.5 Å². The molecular formula is C11H13N5O2. The van der Waals surface area contributed by atoms with Crippen LogP contribution in [0.25, 0.3) is 0 Å². The molecule has 0 fully saturated rings. The summed E-state index contributed by atoms with van der Waals surface area (Å²) in [5, 5.41) is 9.22. The van der Waals surface area contributed by atoms with Gasteiger partial charge in [0.05, 0.1) is 6.54 Å². The van der Waals surface area contributed by atoms with Gasteiger partial charge in [-0.1, -0.05) is 5.16 Å². The van der Waals surface area contributed by atoms with Crippen LogP contribution in [0, 0.1) is 6.92 Å². The minimum Gasteiger partial charge on any atom is -0.388 e. The predicted octanol–water partition coefficient (Wildman–Crippen LogP) is 0.745. The minimum absolute atomic E-state index is 0.186. The molecule has 2 aromatic heterocycles. The van der Waals surface area contributed by atoms with Crippen molar-refractivity contribution >= 4 is 11.6 Å². The Morgan fingerprint density at radius 1 is 1.50 bits per heavy atom. The Balaban J connectivity index is 1.99. The van der Waals surface area contributed by atoms with E-state index >= 15 is 0 Å². The molecule has 2 rings (SSSR count). The molecule has 0 saturated heterocycles. The molecule has 0 aliphatic carbocycles. The van der Waals surface area contributed by atoms with Crippen molar-refractivity contribution < 1.29 is 9.32 Å². The van der Waals surface area contributed by atoms with Gasteiger partial charge in [0.25, 0.3) is 5.91 Å². The maximum absolute atomic E-state index is 11.8. The number of hydrogen-bond donors (Lipinski definition) is 2. The molecule has 94 valence electrons. The molecular weight excluding hydrogens is 234 g/mol. The van der Waals surface area contributed by atoms with E-state index in [1.54, 1.807) is 32.3 Å². The highest BCUT2D eigenvalue weighted by atomic mass is 16.5. The van der Waals surface area contributed by atoms with E-state index in [0.29, 0.717) is 17.4 Å². The maximum Gasteiger partial charge on any atom is 0.270 e. The molecule has 0 aliphatic rings. The second-order valence-corrected chi connectivity index (χ2v) is 3.60. The van der Waals surface area contributed by atoms with Crippen LogP contribution in [0.5, 0.6) is 0 Å². The first-order chi connectivity index (χ1) is 8.69. The van der Waals surface area contributed by atoms with Crippen LogP contribution in [-0.4, -0.2) is 28.1 Å². The number of hydrogen-bond acceptors (Lipinski definition) is 6. The number of pyridine rings is 1. The van der Waals surface area contributed by atoms with Crippen molar-refractivity contribution in [2.45, 2.75) is 13.5 Å². The van der Waals surface area contributed by atoms with Gasteiger partial charge in [0.15, 0.2) is 5.82 Å². The van der Waals surface area contributed by atoms with E-state index in [0.717, 1.165) is 5.69 Å². The largest absolute Gasteiger partial charge is 0.388 e. The highest BCUT2D eigenvalue weighted by Gasteiger charge is 2.09. The Morgan fingerprint density at radius 2 is 2.33 bits per heavy atom. The lowest BCUT2D eigenvalue weighted by Gasteiger charge is -2.03.